The van der Waals surface area contributed by atoms with E-state index >= 15 is 0 Å². The highest BCUT2D eigenvalue weighted by molar-refractivity contribution is 9.11. The monoisotopic (exact) mass is 463 g/mol. The van der Waals surface area contributed by atoms with Gasteiger partial charge in [0.25, 0.3) is 0 Å². The SMILES string of the molecule is COC(=O)C1(Nc2cccc(Cl)c2)CCC2(CC1)C(Br)=Cc1c(F)cccc12. The minimum Gasteiger partial charge on any atom is -0.467 e. The van der Waals surface area contributed by atoms with E-state index in [1.54, 1.807) is 18.2 Å². The van der Waals surface area contributed by atoms with Crippen LogP contribution in [0.5, 0.6) is 0 Å². The zero-order chi connectivity index (χ0) is 19.9. The Hall–Kier alpha value is -1.85. The summed E-state index contributed by atoms with van der Waals surface area (Å²) in [7, 11) is 1.41. The second-order valence-corrected chi connectivity index (χ2v) is 8.78. The van der Waals surface area contributed by atoms with Crippen LogP contribution < -0.4 is 5.32 Å². The standard InChI is InChI=1S/C22H20BrClFNO2/c1-28-20(27)22(26-15-5-2-4-14(24)12-15)10-8-21(9-11-22)17-6-3-7-18(25)16(17)13-19(21)23/h2-7,12-13,26H,8-11H2,1H3. The molecule has 4 rings (SSSR count). The summed E-state index contributed by atoms with van der Waals surface area (Å²) >= 11 is 9.79. The summed E-state index contributed by atoms with van der Waals surface area (Å²) in [5.74, 6) is -0.506. The lowest BCUT2D eigenvalue weighted by Gasteiger charge is -2.45. The van der Waals surface area contributed by atoms with Gasteiger partial charge < -0.3 is 10.1 Å². The van der Waals surface area contributed by atoms with Crippen molar-refractivity contribution in [3.05, 3.63) is 68.9 Å². The van der Waals surface area contributed by atoms with Crippen molar-refractivity contribution in [3.8, 4) is 0 Å². The first-order chi connectivity index (χ1) is 13.4. The summed E-state index contributed by atoms with van der Waals surface area (Å²) in [6.45, 7) is 0. The molecule has 2 aromatic rings. The number of rotatable bonds is 3. The Morgan fingerprint density at radius 3 is 2.57 bits per heavy atom. The van der Waals surface area contributed by atoms with Crippen LogP contribution >= 0.6 is 27.5 Å². The van der Waals surface area contributed by atoms with Crippen LogP contribution in [0, 0.1) is 5.82 Å². The van der Waals surface area contributed by atoms with E-state index in [2.05, 4.69) is 21.2 Å². The minimum absolute atomic E-state index is 0.215. The zero-order valence-corrected chi connectivity index (χ0v) is 17.7. The fraction of sp³-hybridized carbons (Fsp3) is 0.318. The average molecular weight is 465 g/mol. The van der Waals surface area contributed by atoms with Gasteiger partial charge >= 0.3 is 5.97 Å². The summed E-state index contributed by atoms with van der Waals surface area (Å²) in [6.07, 6.45) is 4.39. The Balaban J connectivity index is 1.66. The summed E-state index contributed by atoms with van der Waals surface area (Å²) in [4.78, 5) is 12.8. The van der Waals surface area contributed by atoms with Crippen molar-refractivity contribution >= 4 is 45.3 Å². The molecule has 3 nitrogen and oxygen atoms in total. The molecule has 0 aliphatic heterocycles. The number of fused-ring (bicyclic) bond motifs is 2. The quantitative estimate of drug-likeness (QED) is 0.561. The molecule has 0 bridgehead atoms. The fourth-order valence-corrected chi connectivity index (χ4v) is 5.55. The molecule has 2 aliphatic carbocycles. The normalized spacial score (nSPS) is 25.9. The first-order valence-electron chi connectivity index (χ1n) is 9.19. The topological polar surface area (TPSA) is 38.3 Å². The van der Waals surface area contributed by atoms with Crippen molar-refractivity contribution < 1.29 is 13.9 Å². The van der Waals surface area contributed by atoms with E-state index in [9.17, 15) is 9.18 Å². The Kier molecular flexibility index (Phi) is 5.00. The van der Waals surface area contributed by atoms with E-state index in [0.717, 1.165) is 15.7 Å². The van der Waals surface area contributed by atoms with Gasteiger partial charge in [0.15, 0.2) is 0 Å². The van der Waals surface area contributed by atoms with Gasteiger partial charge in [0.2, 0.25) is 0 Å². The molecule has 1 fully saturated rings. The van der Waals surface area contributed by atoms with Crippen LogP contribution in [0.2, 0.25) is 5.02 Å². The largest absolute Gasteiger partial charge is 0.467 e. The van der Waals surface area contributed by atoms with E-state index in [1.165, 1.54) is 13.2 Å². The van der Waals surface area contributed by atoms with Crippen molar-refractivity contribution in [1.29, 1.82) is 0 Å². The third-order valence-electron chi connectivity index (χ3n) is 6.04. The molecule has 0 atom stereocenters. The minimum atomic E-state index is -0.839. The molecule has 0 amide bonds. The van der Waals surface area contributed by atoms with Crippen molar-refractivity contribution in [3.63, 3.8) is 0 Å². The third-order valence-corrected chi connectivity index (χ3v) is 7.26. The molecule has 2 aromatic carbocycles. The Labute approximate surface area is 177 Å². The molecule has 6 heteroatoms. The fourth-order valence-electron chi connectivity index (χ4n) is 4.52. The number of hydrogen-bond donors (Lipinski definition) is 1. The average Bonchev–Trinajstić information content (AvgIpc) is 2.96. The van der Waals surface area contributed by atoms with E-state index in [-0.39, 0.29) is 17.2 Å². The highest BCUT2D eigenvalue weighted by atomic mass is 79.9. The number of benzene rings is 2. The summed E-state index contributed by atoms with van der Waals surface area (Å²) in [5.41, 5.74) is 1.27. The van der Waals surface area contributed by atoms with E-state index in [4.69, 9.17) is 16.3 Å². The Bertz CT molecular complexity index is 967. The van der Waals surface area contributed by atoms with E-state index in [0.29, 0.717) is 36.3 Å². The maximum atomic E-state index is 14.3. The molecule has 28 heavy (non-hydrogen) atoms. The van der Waals surface area contributed by atoms with Crippen molar-refractivity contribution in [2.24, 2.45) is 0 Å². The van der Waals surface area contributed by atoms with E-state index in [1.807, 2.05) is 24.3 Å². The van der Waals surface area contributed by atoms with Gasteiger partial charge in [-0.2, -0.15) is 0 Å². The van der Waals surface area contributed by atoms with Gasteiger partial charge in [-0.1, -0.05) is 45.7 Å². The molecule has 1 saturated carbocycles. The van der Waals surface area contributed by atoms with Gasteiger partial charge in [-0.3, -0.25) is 0 Å². The zero-order valence-electron chi connectivity index (χ0n) is 15.4. The molecule has 0 unspecified atom stereocenters. The lowest BCUT2D eigenvalue weighted by atomic mass is 9.65. The molecule has 0 saturated heterocycles. The van der Waals surface area contributed by atoms with E-state index < -0.39 is 5.54 Å². The molecule has 146 valence electrons. The van der Waals surface area contributed by atoms with Gasteiger partial charge in [-0.25, -0.2) is 9.18 Å². The molecular formula is C22H20BrClFNO2. The number of halogens is 3. The molecule has 2 aliphatic rings. The van der Waals surface area contributed by atoms with Gasteiger partial charge in [-0.15, -0.1) is 0 Å². The second kappa shape index (κ2) is 7.20. The van der Waals surface area contributed by atoms with Gasteiger partial charge in [0.05, 0.1) is 7.11 Å². The summed E-state index contributed by atoms with van der Waals surface area (Å²) in [6, 6.07) is 12.5. The molecule has 1 spiro atoms. The number of allylic oxidation sites excluding steroid dienone is 1. The van der Waals surface area contributed by atoms with Crippen molar-refractivity contribution in [2.45, 2.75) is 36.6 Å². The molecular weight excluding hydrogens is 445 g/mol. The van der Waals surface area contributed by atoms with Crippen molar-refractivity contribution in [2.75, 3.05) is 12.4 Å². The van der Waals surface area contributed by atoms with Crippen LogP contribution in [0.3, 0.4) is 0 Å². The Morgan fingerprint density at radius 2 is 1.89 bits per heavy atom. The summed E-state index contributed by atoms with van der Waals surface area (Å²) < 4.78 is 20.4. The molecule has 0 aromatic heterocycles. The maximum Gasteiger partial charge on any atom is 0.331 e. The number of hydrogen-bond acceptors (Lipinski definition) is 3. The third kappa shape index (κ3) is 3.05. The lowest BCUT2D eigenvalue weighted by Crippen LogP contribution is -2.52. The molecule has 0 heterocycles. The Morgan fingerprint density at radius 1 is 1.18 bits per heavy atom. The smallest absolute Gasteiger partial charge is 0.331 e. The number of nitrogens with one attached hydrogen (secondary N) is 1. The number of methoxy groups -OCH3 is 1. The van der Waals surface area contributed by atoms with Crippen LogP contribution in [0.1, 0.15) is 36.8 Å². The van der Waals surface area contributed by atoms with Crippen LogP contribution in [0.25, 0.3) is 6.08 Å². The summed E-state index contributed by atoms with van der Waals surface area (Å²) in [5, 5.41) is 3.97. The molecule has 1 N–H and O–H groups in total. The number of carbonyl (C=O) groups is 1. The van der Waals surface area contributed by atoms with Gasteiger partial charge in [0.1, 0.15) is 11.4 Å². The van der Waals surface area contributed by atoms with Crippen LogP contribution in [-0.2, 0) is 14.9 Å². The molecule has 0 radical (unpaired) electrons. The maximum absolute atomic E-state index is 14.3. The number of esters is 1. The first-order valence-corrected chi connectivity index (χ1v) is 10.4. The van der Waals surface area contributed by atoms with Crippen LogP contribution in [0.15, 0.2) is 46.9 Å². The predicted molar refractivity (Wildman–Crippen MR) is 113 cm³/mol. The van der Waals surface area contributed by atoms with Crippen LogP contribution in [0.4, 0.5) is 10.1 Å². The van der Waals surface area contributed by atoms with Crippen molar-refractivity contribution in [1.82, 2.24) is 0 Å². The number of anilines is 1. The number of ether oxygens (including phenoxy) is 1. The van der Waals surface area contributed by atoms with Crippen LogP contribution in [-0.4, -0.2) is 18.6 Å². The van der Waals surface area contributed by atoms with Gasteiger partial charge in [-0.05, 0) is 61.6 Å². The highest BCUT2D eigenvalue weighted by Gasteiger charge is 2.52. The predicted octanol–water partition coefficient (Wildman–Crippen LogP) is 6.06. The second-order valence-electron chi connectivity index (χ2n) is 7.48. The lowest BCUT2D eigenvalue weighted by molar-refractivity contribution is -0.147. The number of carbonyl (C=O) groups excluding carboxylic acids is 1. The first kappa shape index (κ1) is 19.5. The highest BCUT2D eigenvalue weighted by Crippen LogP contribution is 2.55. The van der Waals surface area contributed by atoms with Gasteiger partial charge in [0, 0.05) is 26.2 Å².